The van der Waals surface area contributed by atoms with E-state index in [0.717, 1.165) is 7.11 Å². The van der Waals surface area contributed by atoms with E-state index in [-0.39, 0.29) is 22.6 Å². The molecule has 0 unspecified atom stereocenters. The first-order valence-electron chi connectivity index (χ1n) is 6.29. The van der Waals surface area contributed by atoms with Crippen LogP contribution in [0, 0.1) is 0 Å². The van der Waals surface area contributed by atoms with Gasteiger partial charge in [-0.1, -0.05) is 24.3 Å². The predicted octanol–water partition coefficient (Wildman–Crippen LogP) is 1.88. The molecule has 0 saturated heterocycles. The number of aliphatic hydroxyl groups is 1. The molecule has 7 nitrogen and oxygen atoms in total. The molecule has 0 aromatic heterocycles. The number of benzene rings is 2. The Kier molecular flexibility index (Phi) is 9.22. The number of methoxy groups -OCH3 is 1. The Morgan fingerprint density at radius 3 is 1.52 bits per heavy atom. The summed E-state index contributed by atoms with van der Waals surface area (Å²) in [6, 6.07) is 12.0. The van der Waals surface area contributed by atoms with E-state index in [1.807, 2.05) is 0 Å². The minimum atomic E-state index is -1.11. The highest BCUT2D eigenvalue weighted by Crippen LogP contribution is 2.16. The van der Waals surface area contributed by atoms with Gasteiger partial charge in [-0.05, 0) is 24.3 Å². The molecule has 0 fully saturated rings. The van der Waals surface area contributed by atoms with Crippen LogP contribution < -0.4 is 0 Å². The van der Waals surface area contributed by atoms with Crippen molar-refractivity contribution in [1.82, 2.24) is 0 Å². The van der Waals surface area contributed by atoms with Crippen molar-refractivity contribution in [3.63, 3.8) is 0 Å². The van der Waals surface area contributed by atoms with Crippen LogP contribution in [0.2, 0.25) is 0 Å². The maximum Gasteiger partial charge on any atom is 0.341 e. The summed E-state index contributed by atoms with van der Waals surface area (Å²) in [7, 11) is 2.27. The van der Waals surface area contributed by atoms with Crippen molar-refractivity contribution >= 4 is 11.9 Å². The van der Waals surface area contributed by atoms with E-state index >= 15 is 0 Å². The Hall–Kier alpha value is -3.06. The number of carbonyl (C=O) groups excluding carboxylic acids is 1. The third kappa shape index (κ3) is 6.49. The highest BCUT2D eigenvalue weighted by atomic mass is 16.5. The molecule has 23 heavy (non-hydrogen) atoms. The summed E-state index contributed by atoms with van der Waals surface area (Å²) >= 11 is 0. The molecule has 0 radical (unpaired) electrons. The second-order valence-corrected chi connectivity index (χ2v) is 3.83. The average Bonchev–Trinajstić information content (AvgIpc) is 2.57. The number of hydrogen-bond acceptors (Lipinski definition) is 6. The second-order valence-electron chi connectivity index (χ2n) is 3.83. The van der Waals surface area contributed by atoms with Crippen molar-refractivity contribution in [2.24, 2.45) is 0 Å². The summed E-state index contributed by atoms with van der Waals surface area (Å²) in [4.78, 5) is 21.1. The number of carboxylic acid groups (broad SMARTS) is 1. The van der Waals surface area contributed by atoms with E-state index in [9.17, 15) is 9.59 Å². The number of carboxylic acids is 1. The van der Waals surface area contributed by atoms with Crippen LogP contribution in [0.15, 0.2) is 48.5 Å². The molecule has 0 bridgehead atoms. The van der Waals surface area contributed by atoms with Gasteiger partial charge in [0.25, 0.3) is 0 Å². The molecule has 2 aromatic carbocycles. The van der Waals surface area contributed by atoms with Gasteiger partial charge in [0.05, 0.1) is 7.11 Å². The zero-order valence-corrected chi connectivity index (χ0v) is 12.6. The van der Waals surface area contributed by atoms with Gasteiger partial charge in [-0.2, -0.15) is 0 Å². The minimum absolute atomic E-state index is 0.0562. The van der Waals surface area contributed by atoms with Crippen molar-refractivity contribution in [2.75, 3.05) is 14.2 Å². The van der Waals surface area contributed by atoms with E-state index in [2.05, 4.69) is 4.74 Å². The smallest absolute Gasteiger partial charge is 0.341 e. The Balaban J connectivity index is 0.000000381. The number of phenols is 2. The van der Waals surface area contributed by atoms with E-state index in [1.165, 1.54) is 31.4 Å². The first-order chi connectivity index (χ1) is 11.0. The molecule has 0 aliphatic carbocycles. The van der Waals surface area contributed by atoms with Gasteiger partial charge in [-0.15, -0.1) is 0 Å². The number of aromatic hydroxyl groups is 2. The predicted molar refractivity (Wildman–Crippen MR) is 82.7 cm³/mol. The molecule has 0 aliphatic heterocycles. The summed E-state index contributed by atoms with van der Waals surface area (Å²) < 4.78 is 4.42. The number of phenolic OH excluding ortho intramolecular Hbond substituents is 1. The molecule has 7 heteroatoms. The van der Waals surface area contributed by atoms with Gasteiger partial charge in [0.2, 0.25) is 0 Å². The van der Waals surface area contributed by atoms with Crippen LogP contribution in [0.4, 0.5) is 0 Å². The van der Waals surface area contributed by atoms with E-state index < -0.39 is 11.9 Å². The standard InChI is InChI=1S/C8H8O3.C7H6O3.CH4O/c1-11-8(10)6-4-2-3-5-7(6)9;8-6-4-2-1-3-5(6)7(9)10;1-2/h2-5,9H,1H3;1-4,8H,(H,9,10);2H,1H3. The molecular weight excluding hydrogens is 304 g/mol. The molecule has 0 aliphatic rings. The number of carbonyl (C=O) groups is 2. The van der Waals surface area contributed by atoms with Crippen molar-refractivity contribution in [1.29, 1.82) is 0 Å². The van der Waals surface area contributed by atoms with Gasteiger partial charge >= 0.3 is 11.9 Å². The van der Waals surface area contributed by atoms with Gasteiger partial charge < -0.3 is 25.2 Å². The van der Waals surface area contributed by atoms with Crippen LogP contribution >= 0.6 is 0 Å². The number of esters is 1. The topological polar surface area (TPSA) is 124 Å². The zero-order valence-electron chi connectivity index (χ0n) is 12.6. The van der Waals surface area contributed by atoms with E-state index in [1.54, 1.807) is 24.3 Å². The lowest BCUT2D eigenvalue weighted by molar-refractivity contribution is 0.0596. The monoisotopic (exact) mass is 322 g/mol. The molecule has 0 atom stereocenters. The maximum atomic E-state index is 10.9. The zero-order chi connectivity index (χ0) is 17.8. The fraction of sp³-hybridized carbons (Fsp3) is 0.125. The highest BCUT2D eigenvalue weighted by molar-refractivity contribution is 5.92. The normalized spacial score (nSPS) is 8.65. The van der Waals surface area contributed by atoms with Gasteiger partial charge in [-0.3, -0.25) is 0 Å². The van der Waals surface area contributed by atoms with Gasteiger partial charge in [0.15, 0.2) is 0 Å². The Morgan fingerprint density at radius 1 is 0.826 bits per heavy atom. The van der Waals surface area contributed by atoms with Crippen LogP contribution in [-0.2, 0) is 4.74 Å². The summed E-state index contributed by atoms with van der Waals surface area (Å²) in [6.45, 7) is 0. The second kappa shape index (κ2) is 10.6. The molecular formula is C16H18O7. The van der Waals surface area contributed by atoms with Crippen molar-refractivity contribution in [2.45, 2.75) is 0 Å². The van der Waals surface area contributed by atoms with E-state index in [4.69, 9.17) is 20.4 Å². The first kappa shape index (κ1) is 19.9. The van der Waals surface area contributed by atoms with Crippen LogP contribution in [0.5, 0.6) is 11.5 Å². The minimum Gasteiger partial charge on any atom is -0.507 e. The largest absolute Gasteiger partial charge is 0.507 e. The molecule has 2 rings (SSSR count). The number of aliphatic hydroxyl groups excluding tert-OH is 1. The average molecular weight is 322 g/mol. The van der Waals surface area contributed by atoms with Gasteiger partial charge in [0, 0.05) is 7.11 Å². The third-order valence-electron chi connectivity index (χ3n) is 2.44. The molecule has 4 N–H and O–H groups in total. The lowest BCUT2D eigenvalue weighted by Gasteiger charge is -1.99. The lowest BCUT2D eigenvalue weighted by atomic mass is 10.2. The fourth-order valence-corrected chi connectivity index (χ4v) is 1.41. The van der Waals surface area contributed by atoms with Crippen LogP contribution in [0.3, 0.4) is 0 Å². The van der Waals surface area contributed by atoms with Crippen molar-refractivity contribution < 1.29 is 34.8 Å². The number of rotatable bonds is 2. The Bertz CT molecular complexity index is 638. The molecule has 0 saturated carbocycles. The third-order valence-corrected chi connectivity index (χ3v) is 2.44. The van der Waals surface area contributed by atoms with Gasteiger partial charge in [-0.25, -0.2) is 9.59 Å². The summed E-state index contributed by atoms with van der Waals surface area (Å²) in [5, 5.41) is 33.4. The van der Waals surface area contributed by atoms with Crippen molar-refractivity contribution in [3.05, 3.63) is 59.7 Å². The number of para-hydroxylation sites is 2. The summed E-state index contributed by atoms with van der Waals surface area (Å²) in [5.74, 6) is -1.89. The molecule has 124 valence electrons. The quantitative estimate of drug-likeness (QED) is 0.622. The molecule has 0 amide bonds. The Labute approximate surface area is 133 Å². The van der Waals surface area contributed by atoms with Crippen LogP contribution in [-0.4, -0.2) is 46.6 Å². The molecule has 0 spiro atoms. The molecule has 2 aromatic rings. The summed E-state index contributed by atoms with van der Waals surface area (Å²) in [6.07, 6.45) is 0. The SMILES string of the molecule is CO.COC(=O)c1ccccc1O.O=C(O)c1ccccc1O. The van der Waals surface area contributed by atoms with Crippen molar-refractivity contribution in [3.8, 4) is 11.5 Å². The number of aromatic carboxylic acids is 1. The lowest BCUT2D eigenvalue weighted by Crippen LogP contribution is -2.00. The summed E-state index contributed by atoms with van der Waals surface area (Å²) in [5.41, 5.74) is 0.123. The van der Waals surface area contributed by atoms with E-state index in [0.29, 0.717) is 0 Å². The molecule has 0 heterocycles. The number of hydrogen-bond donors (Lipinski definition) is 4. The Morgan fingerprint density at radius 2 is 1.22 bits per heavy atom. The first-order valence-corrected chi connectivity index (χ1v) is 6.29. The fourth-order valence-electron chi connectivity index (χ4n) is 1.41. The van der Waals surface area contributed by atoms with Gasteiger partial charge in [0.1, 0.15) is 22.6 Å². The highest BCUT2D eigenvalue weighted by Gasteiger charge is 2.08. The van der Waals surface area contributed by atoms with Crippen LogP contribution in [0.25, 0.3) is 0 Å². The number of ether oxygens (including phenoxy) is 1. The maximum absolute atomic E-state index is 10.9. The van der Waals surface area contributed by atoms with Crippen LogP contribution in [0.1, 0.15) is 20.7 Å².